The number of rotatable bonds is 4. The zero-order chi connectivity index (χ0) is 13.7. The number of benzene rings is 1. The van der Waals surface area contributed by atoms with Crippen molar-refractivity contribution in [3.63, 3.8) is 0 Å². The van der Waals surface area contributed by atoms with Gasteiger partial charge in [-0.1, -0.05) is 13.3 Å². The van der Waals surface area contributed by atoms with Crippen LogP contribution in [-0.2, 0) is 4.79 Å². The molecule has 1 unspecified atom stereocenters. The molecule has 0 bridgehead atoms. The summed E-state index contributed by atoms with van der Waals surface area (Å²) in [6, 6.07) is 7.07. The summed E-state index contributed by atoms with van der Waals surface area (Å²) >= 11 is 0. The quantitative estimate of drug-likeness (QED) is 0.817. The molecule has 0 aliphatic carbocycles. The third-order valence-electron chi connectivity index (χ3n) is 3.40. The van der Waals surface area contributed by atoms with Crippen molar-refractivity contribution < 1.29 is 9.59 Å². The average molecular weight is 260 g/mol. The third-order valence-corrected chi connectivity index (χ3v) is 3.40. The molecule has 4 heteroatoms. The number of Topliss-reactive ketones (excluding diaryl/α,β-unsaturated/α-hetero) is 1. The molecule has 1 aliphatic rings. The van der Waals surface area contributed by atoms with Crippen molar-refractivity contribution in [3.8, 4) is 0 Å². The fourth-order valence-corrected chi connectivity index (χ4v) is 2.24. The van der Waals surface area contributed by atoms with Crippen molar-refractivity contribution in [1.82, 2.24) is 5.32 Å². The minimum atomic E-state index is -0.0511. The van der Waals surface area contributed by atoms with Crippen LogP contribution in [0.2, 0.25) is 0 Å². The van der Waals surface area contributed by atoms with Crippen LogP contribution in [0.5, 0.6) is 0 Å². The summed E-state index contributed by atoms with van der Waals surface area (Å²) in [6.45, 7) is 2.73. The van der Waals surface area contributed by atoms with Crippen molar-refractivity contribution >= 4 is 17.4 Å². The predicted molar refractivity (Wildman–Crippen MR) is 75.3 cm³/mol. The highest BCUT2D eigenvalue weighted by atomic mass is 16.1. The highest BCUT2D eigenvalue weighted by Gasteiger charge is 2.21. The number of hydrogen-bond donors (Lipinski definition) is 2. The number of carbonyl (C=O) groups excluding carboxylic acids is 2. The van der Waals surface area contributed by atoms with Gasteiger partial charge in [0.05, 0.1) is 6.04 Å². The van der Waals surface area contributed by atoms with E-state index in [1.54, 1.807) is 24.3 Å². The van der Waals surface area contributed by atoms with E-state index in [0.29, 0.717) is 12.0 Å². The summed E-state index contributed by atoms with van der Waals surface area (Å²) in [4.78, 5) is 23.5. The molecule has 1 fully saturated rings. The Hall–Kier alpha value is -1.68. The van der Waals surface area contributed by atoms with E-state index in [-0.39, 0.29) is 17.7 Å². The molecule has 0 radical (unpaired) electrons. The average Bonchev–Trinajstić information content (AvgIpc) is 2.48. The molecule has 2 N–H and O–H groups in total. The molecule has 4 nitrogen and oxygen atoms in total. The van der Waals surface area contributed by atoms with E-state index in [4.69, 9.17) is 0 Å². The van der Waals surface area contributed by atoms with Gasteiger partial charge in [-0.05, 0) is 43.7 Å². The molecule has 0 spiro atoms. The van der Waals surface area contributed by atoms with Crippen LogP contribution in [0.1, 0.15) is 43.0 Å². The molecule has 102 valence electrons. The van der Waals surface area contributed by atoms with Gasteiger partial charge in [0.25, 0.3) is 0 Å². The van der Waals surface area contributed by atoms with Gasteiger partial charge in [-0.15, -0.1) is 0 Å². The van der Waals surface area contributed by atoms with E-state index in [0.717, 1.165) is 31.5 Å². The first-order valence-electron chi connectivity index (χ1n) is 6.88. The fourth-order valence-electron chi connectivity index (χ4n) is 2.24. The molecular weight excluding hydrogens is 240 g/mol. The number of ketones is 1. The monoisotopic (exact) mass is 260 g/mol. The maximum atomic E-state index is 12.2. The summed E-state index contributed by atoms with van der Waals surface area (Å²) in [5.74, 6) is 0.126. The minimum Gasteiger partial charge on any atom is -0.326 e. The van der Waals surface area contributed by atoms with Crippen LogP contribution in [0.15, 0.2) is 24.3 Å². The number of nitrogens with one attached hydrogen (secondary N) is 2. The van der Waals surface area contributed by atoms with Crippen molar-refractivity contribution in [3.05, 3.63) is 29.8 Å². The van der Waals surface area contributed by atoms with E-state index in [9.17, 15) is 9.59 Å². The zero-order valence-corrected chi connectivity index (χ0v) is 11.2. The molecule has 1 saturated heterocycles. The van der Waals surface area contributed by atoms with Crippen LogP contribution < -0.4 is 10.6 Å². The van der Waals surface area contributed by atoms with Crippen molar-refractivity contribution in [2.75, 3.05) is 11.9 Å². The molecule has 1 heterocycles. The second-order valence-corrected chi connectivity index (χ2v) is 4.85. The largest absolute Gasteiger partial charge is 0.326 e. The Kier molecular flexibility index (Phi) is 4.68. The van der Waals surface area contributed by atoms with E-state index < -0.39 is 0 Å². The standard InChI is InChI=1S/C15H20N2O2/c1-2-14(18)17-12-8-6-11(7-9-12)15(19)13-5-3-4-10-16-13/h6-9,13,16H,2-5,10H2,1H3,(H,17,18). The van der Waals surface area contributed by atoms with E-state index in [1.807, 2.05) is 6.92 Å². The lowest BCUT2D eigenvalue weighted by Crippen LogP contribution is -2.40. The Labute approximate surface area is 113 Å². The summed E-state index contributed by atoms with van der Waals surface area (Å²) in [5.41, 5.74) is 1.44. The van der Waals surface area contributed by atoms with Gasteiger partial charge in [0.15, 0.2) is 5.78 Å². The topological polar surface area (TPSA) is 58.2 Å². The van der Waals surface area contributed by atoms with E-state index in [1.165, 1.54) is 0 Å². The Morgan fingerprint density at radius 3 is 2.58 bits per heavy atom. The van der Waals surface area contributed by atoms with Gasteiger partial charge in [-0.25, -0.2) is 0 Å². The highest BCUT2D eigenvalue weighted by molar-refractivity contribution is 6.00. The molecule has 0 saturated carbocycles. The van der Waals surface area contributed by atoms with Crippen LogP contribution in [0, 0.1) is 0 Å². The Morgan fingerprint density at radius 1 is 1.26 bits per heavy atom. The van der Waals surface area contributed by atoms with E-state index in [2.05, 4.69) is 10.6 Å². The summed E-state index contributed by atoms with van der Waals surface area (Å²) < 4.78 is 0. The maximum Gasteiger partial charge on any atom is 0.224 e. The Morgan fingerprint density at radius 2 is 2.00 bits per heavy atom. The Bertz CT molecular complexity index is 448. The summed E-state index contributed by atoms with van der Waals surface area (Å²) in [6.07, 6.45) is 3.61. The second-order valence-electron chi connectivity index (χ2n) is 4.85. The van der Waals surface area contributed by atoms with Gasteiger partial charge >= 0.3 is 0 Å². The SMILES string of the molecule is CCC(=O)Nc1ccc(C(=O)C2CCCCN2)cc1. The van der Waals surface area contributed by atoms with Gasteiger partial charge in [0, 0.05) is 17.7 Å². The molecule has 0 aromatic heterocycles. The summed E-state index contributed by atoms with van der Waals surface area (Å²) in [5, 5.41) is 6.03. The van der Waals surface area contributed by atoms with E-state index >= 15 is 0 Å². The summed E-state index contributed by atoms with van der Waals surface area (Å²) in [7, 11) is 0. The molecule has 1 atom stereocenters. The van der Waals surface area contributed by atoms with Crippen molar-refractivity contribution in [2.45, 2.75) is 38.6 Å². The number of carbonyl (C=O) groups is 2. The second kappa shape index (κ2) is 6.48. The normalized spacial score (nSPS) is 18.9. The lowest BCUT2D eigenvalue weighted by Gasteiger charge is -2.22. The maximum absolute atomic E-state index is 12.2. The third kappa shape index (κ3) is 3.64. The highest BCUT2D eigenvalue weighted by Crippen LogP contribution is 2.15. The lowest BCUT2D eigenvalue weighted by molar-refractivity contribution is -0.115. The van der Waals surface area contributed by atoms with Crippen LogP contribution in [-0.4, -0.2) is 24.3 Å². The lowest BCUT2D eigenvalue weighted by atomic mass is 9.96. The smallest absolute Gasteiger partial charge is 0.224 e. The first-order valence-corrected chi connectivity index (χ1v) is 6.88. The van der Waals surface area contributed by atoms with Crippen molar-refractivity contribution in [2.24, 2.45) is 0 Å². The van der Waals surface area contributed by atoms with Gasteiger partial charge < -0.3 is 10.6 Å². The van der Waals surface area contributed by atoms with Gasteiger partial charge in [-0.3, -0.25) is 9.59 Å². The van der Waals surface area contributed by atoms with Crippen LogP contribution in [0.25, 0.3) is 0 Å². The van der Waals surface area contributed by atoms with Crippen LogP contribution in [0.4, 0.5) is 5.69 Å². The zero-order valence-electron chi connectivity index (χ0n) is 11.2. The number of anilines is 1. The molecule has 19 heavy (non-hydrogen) atoms. The first-order chi connectivity index (χ1) is 9.20. The first kappa shape index (κ1) is 13.7. The van der Waals surface area contributed by atoms with Crippen LogP contribution in [0.3, 0.4) is 0 Å². The van der Waals surface area contributed by atoms with Gasteiger partial charge in [-0.2, -0.15) is 0 Å². The molecule has 1 aromatic carbocycles. The van der Waals surface area contributed by atoms with Gasteiger partial charge in [0.1, 0.15) is 0 Å². The molecule has 2 rings (SSSR count). The number of hydrogen-bond acceptors (Lipinski definition) is 3. The van der Waals surface area contributed by atoms with Gasteiger partial charge in [0.2, 0.25) is 5.91 Å². The molecule has 1 amide bonds. The Balaban J connectivity index is 2.01. The van der Waals surface area contributed by atoms with Crippen LogP contribution >= 0.6 is 0 Å². The minimum absolute atomic E-state index is 0.0203. The molecule has 1 aromatic rings. The number of amides is 1. The fraction of sp³-hybridized carbons (Fsp3) is 0.467. The molecule has 1 aliphatic heterocycles. The predicted octanol–water partition coefficient (Wildman–Crippen LogP) is 2.36. The number of piperidine rings is 1. The van der Waals surface area contributed by atoms with Crippen molar-refractivity contribution in [1.29, 1.82) is 0 Å². The molecular formula is C15H20N2O2.